The number of nitrogens with zero attached hydrogens (tertiary/aromatic N) is 2. The van der Waals surface area contributed by atoms with Crippen molar-refractivity contribution in [3.8, 4) is 0 Å². The van der Waals surface area contributed by atoms with E-state index in [-0.39, 0.29) is 11.5 Å². The average Bonchev–Trinajstić information content (AvgIpc) is 2.96. The molecular formula is C19H19N3O2S. The van der Waals surface area contributed by atoms with E-state index in [1.807, 2.05) is 24.3 Å². The van der Waals surface area contributed by atoms with Crippen LogP contribution in [-0.2, 0) is 13.0 Å². The number of amides is 1. The van der Waals surface area contributed by atoms with Crippen LogP contribution in [0, 0.1) is 6.92 Å². The Bertz CT molecular complexity index is 1000. The number of rotatable bonds is 5. The molecule has 128 valence electrons. The number of anilines is 1. The van der Waals surface area contributed by atoms with Crippen molar-refractivity contribution in [1.29, 1.82) is 0 Å². The number of aryl methyl sites for hydroxylation is 2. The lowest BCUT2D eigenvalue weighted by Crippen LogP contribution is -2.20. The van der Waals surface area contributed by atoms with Crippen LogP contribution in [0.4, 0.5) is 5.69 Å². The smallest absolute Gasteiger partial charge is 0.266 e. The monoisotopic (exact) mass is 353 g/mol. The van der Waals surface area contributed by atoms with E-state index in [4.69, 9.17) is 0 Å². The molecule has 0 aliphatic carbocycles. The highest BCUT2D eigenvalue weighted by molar-refractivity contribution is 7.20. The quantitative estimate of drug-likeness (QED) is 0.710. The fraction of sp³-hybridized carbons (Fsp3) is 0.211. The zero-order chi connectivity index (χ0) is 18.0. The molecule has 0 spiro atoms. The molecule has 1 amide bonds. The number of thiophene rings is 1. The van der Waals surface area contributed by atoms with Gasteiger partial charge in [-0.3, -0.25) is 14.2 Å². The lowest BCUT2D eigenvalue weighted by molar-refractivity contribution is 0.103. The molecule has 3 aromatic rings. The van der Waals surface area contributed by atoms with Gasteiger partial charge in [0, 0.05) is 12.2 Å². The molecule has 3 rings (SSSR count). The number of carbonyl (C=O) groups is 1. The molecule has 0 radical (unpaired) electrons. The van der Waals surface area contributed by atoms with Crippen molar-refractivity contribution in [2.75, 3.05) is 5.32 Å². The molecule has 0 bridgehead atoms. The molecule has 0 aliphatic rings. The van der Waals surface area contributed by atoms with Crippen molar-refractivity contribution in [2.24, 2.45) is 0 Å². The summed E-state index contributed by atoms with van der Waals surface area (Å²) in [4.78, 5) is 30.6. The second-order valence-corrected chi connectivity index (χ2v) is 6.73. The van der Waals surface area contributed by atoms with Crippen molar-refractivity contribution in [1.82, 2.24) is 9.55 Å². The van der Waals surface area contributed by atoms with Gasteiger partial charge in [-0.15, -0.1) is 17.9 Å². The van der Waals surface area contributed by atoms with E-state index >= 15 is 0 Å². The Morgan fingerprint density at radius 1 is 1.36 bits per heavy atom. The van der Waals surface area contributed by atoms with Crippen LogP contribution in [-0.4, -0.2) is 15.5 Å². The maximum absolute atomic E-state index is 12.6. The Labute approximate surface area is 149 Å². The van der Waals surface area contributed by atoms with Crippen LogP contribution in [0.3, 0.4) is 0 Å². The number of carbonyl (C=O) groups excluding carboxylic acids is 1. The number of allylic oxidation sites excluding steroid dienone is 1. The molecular weight excluding hydrogens is 334 g/mol. The van der Waals surface area contributed by atoms with E-state index in [0.29, 0.717) is 27.2 Å². The van der Waals surface area contributed by atoms with Crippen LogP contribution in [0.5, 0.6) is 0 Å². The summed E-state index contributed by atoms with van der Waals surface area (Å²) in [6.45, 7) is 7.90. The van der Waals surface area contributed by atoms with Gasteiger partial charge in [0.2, 0.25) is 0 Å². The van der Waals surface area contributed by atoms with Gasteiger partial charge in [-0.05, 0) is 36.6 Å². The summed E-state index contributed by atoms with van der Waals surface area (Å²) in [6.07, 6.45) is 4.09. The molecule has 5 nitrogen and oxygen atoms in total. The van der Waals surface area contributed by atoms with Crippen molar-refractivity contribution < 1.29 is 4.79 Å². The molecule has 2 aromatic heterocycles. The summed E-state index contributed by atoms with van der Waals surface area (Å²) >= 11 is 1.24. The van der Waals surface area contributed by atoms with Gasteiger partial charge in [0.15, 0.2) is 0 Å². The summed E-state index contributed by atoms with van der Waals surface area (Å²) < 4.78 is 1.49. The van der Waals surface area contributed by atoms with Crippen molar-refractivity contribution >= 4 is 33.1 Å². The van der Waals surface area contributed by atoms with Crippen molar-refractivity contribution in [3.05, 3.63) is 69.6 Å². The summed E-state index contributed by atoms with van der Waals surface area (Å²) in [5.41, 5.74) is 2.46. The molecule has 0 saturated carbocycles. The van der Waals surface area contributed by atoms with E-state index in [0.717, 1.165) is 12.1 Å². The Hall–Kier alpha value is -2.73. The maximum Gasteiger partial charge on any atom is 0.266 e. The van der Waals surface area contributed by atoms with Crippen LogP contribution in [0.15, 0.2) is 48.0 Å². The Balaban J connectivity index is 1.96. The molecule has 2 heterocycles. The van der Waals surface area contributed by atoms with Crippen LogP contribution in [0.2, 0.25) is 0 Å². The van der Waals surface area contributed by atoms with Gasteiger partial charge in [-0.2, -0.15) is 0 Å². The molecule has 1 N–H and O–H groups in total. The standard InChI is InChI=1S/C19H19N3O2S/c1-4-10-22-11-20-18-15(19(22)24)12(3)16(25-18)17(23)21-14-8-6-13(5-2)7-9-14/h4,6-9,11H,1,5,10H2,2-3H3,(H,21,23). The van der Waals surface area contributed by atoms with E-state index in [1.54, 1.807) is 13.0 Å². The molecule has 25 heavy (non-hydrogen) atoms. The van der Waals surface area contributed by atoms with Crippen LogP contribution >= 0.6 is 11.3 Å². The number of hydrogen-bond donors (Lipinski definition) is 1. The second-order valence-electron chi connectivity index (χ2n) is 5.73. The normalized spacial score (nSPS) is 10.8. The SMILES string of the molecule is C=CCn1cnc2sc(C(=O)Nc3ccc(CC)cc3)c(C)c2c1=O. The predicted octanol–water partition coefficient (Wildman–Crippen LogP) is 3.77. The van der Waals surface area contributed by atoms with E-state index in [9.17, 15) is 9.59 Å². The first-order valence-corrected chi connectivity index (χ1v) is 8.86. The third-order valence-electron chi connectivity index (χ3n) is 4.07. The molecule has 0 aliphatic heterocycles. The Morgan fingerprint density at radius 3 is 2.72 bits per heavy atom. The third kappa shape index (κ3) is 3.25. The van der Waals surface area contributed by atoms with E-state index < -0.39 is 0 Å². The van der Waals surface area contributed by atoms with E-state index in [1.165, 1.54) is 27.8 Å². The number of fused-ring (bicyclic) bond motifs is 1. The van der Waals surface area contributed by atoms with Crippen LogP contribution in [0.1, 0.15) is 27.7 Å². The van der Waals surface area contributed by atoms with Gasteiger partial charge < -0.3 is 5.32 Å². The first-order valence-electron chi connectivity index (χ1n) is 8.04. The fourth-order valence-electron chi connectivity index (χ4n) is 2.66. The third-order valence-corrected chi connectivity index (χ3v) is 5.27. The zero-order valence-corrected chi connectivity index (χ0v) is 15.0. The largest absolute Gasteiger partial charge is 0.321 e. The van der Waals surface area contributed by atoms with Gasteiger partial charge in [0.25, 0.3) is 11.5 Å². The van der Waals surface area contributed by atoms with Crippen molar-refractivity contribution in [3.63, 3.8) is 0 Å². The minimum absolute atomic E-state index is 0.148. The molecule has 0 fully saturated rings. The van der Waals surface area contributed by atoms with Gasteiger partial charge in [-0.1, -0.05) is 25.1 Å². The molecule has 1 aromatic carbocycles. The highest BCUT2D eigenvalue weighted by Crippen LogP contribution is 2.27. The molecule has 6 heteroatoms. The van der Waals surface area contributed by atoms with E-state index in [2.05, 4.69) is 23.8 Å². The average molecular weight is 353 g/mol. The van der Waals surface area contributed by atoms with Crippen molar-refractivity contribution in [2.45, 2.75) is 26.8 Å². The Morgan fingerprint density at radius 2 is 2.08 bits per heavy atom. The lowest BCUT2D eigenvalue weighted by atomic mass is 10.1. The molecule has 0 saturated heterocycles. The fourth-order valence-corrected chi connectivity index (χ4v) is 3.69. The maximum atomic E-state index is 12.6. The minimum Gasteiger partial charge on any atom is -0.321 e. The van der Waals surface area contributed by atoms with Gasteiger partial charge >= 0.3 is 0 Å². The second kappa shape index (κ2) is 7.03. The highest BCUT2D eigenvalue weighted by Gasteiger charge is 2.19. The minimum atomic E-state index is -0.223. The summed E-state index contributed by atoms with van der Waals surface area (Å²) in [5.74, 6) is -0.223. The van der Waals surface area contributed by atoms with Crippen LogP contribution < -0.4 is 10.9 Å². The Kier molecular flexibility index (Phi) is 4.81. The highest BCUT2D eigenvalue weighted by atomic mass is 32.1. The lowest BCUT2D eigenvalue weighted by Gasteiger charge is -2.05. The molecule has 0 unspecified atom stereocenters. The number of aromatic nitrogens is 2. The summed E-state index contributed by atoms with van der Waals surface area (Å²) in [7, 11) is 0. The summed E-state index contributed by atoms with van der Waals surface area (Å²) in [5, 5.41) is 3.39. The summed E-state index contributed by atoms with van der Waals surface area (Å²) in [6, 6.07) is 7.75. The predicted molar refractivity (Wildman–Crippen MR) is 103 cm³/mol. The van der Waals surface area contributed by atoms with Crippen LogP contribution in [0.25, 0.3) is 10.2 Å². The van der Waals surface area contributed by atoms with Gasteiger partial charge in [0.05, 0.1) is 16.6 Å². The number of nitrogens with one attached hydrogen (secondary N) is 1. The number of benzene rings is 1. The first kappa shape index (κ1) is 17.1. The zero-order valence-electron chi connectivity index (χ0n) is 14.2. The topological polar surface area (TPSA) is 64.0 Å². The molecule has 0 atom stereocenters. The van der Waals surface area contributed by atoms with Gasteiger partial charge in [0.1, 0.15) is 4.83 Å². The number of hydrogen-bond acceptors (Lipinski definition) is 4. The first-order chi connectivity index (χ1) is 12.0. The van der Waals surface area contributed by atoms with Gasteiger partial charge in [-0.25, -0.2) is 4.98 Å².